The van der Waals surface area contributed by atoms with Gasteiger partial charge >= 0.3 is 5.97 Å². The second kappa shape index (κ2) is 8.01. The molecule has 146 valence electrons. The highest BCUT2D eigenvalue weighted by molar-refractivity contribution is 6.30. The lowest BCUT2D eigenvalue weighted by molar-refractivity contribution is 0.0465. The van der Waals surface area contributed by atoms with Crippen LogP contribution in [0.1, 0.15) is 29.4 Å². The van der Waals surface area contributed by atoms with Gasteiger partial charge in [0.15, 0.2) is 5.69 Å². The van der Waals surface area contributed by atoms with Crippen molar-refractivity contribution in [1.82, 2.24) is 14.8 Å². The summed E-state index contributed by atoms with van der Waals surface area (Å²) in [4.78, 5) is 29.7. The number of carbonyl (C=O) groups is 1. The van der Waals surface area contributed by atoms with Crippen molar-refractivity contribution in [2.45, 2.75) is 26.5 Å². The molecule has 7 heteroatoms. The zero-order valence-electron chi connectivity index (χ0n) is 15.8. The highest BCUT2D eigenvalue weighted by Gasteiger charge is 2.18. The predicted octanol–water partition coefficient (Wildman–Crippen LogP) is 4.37. The number of aromatic nitrogens is 3. The standard InChI is InChI=1S/C22H18ClN3O3/c1-2-11-26-21(27)17-9-5-4-8-16(17)19(25-26)22(28)29-13-15-12-14-7-3-6-10-18(14)24-20(15)23/h3-10,12H,2,11,13H2,1H3. The minimum atomic E-state index is -0.615. The third-order valence-corrected chi connectivity index (χ3v) is 4.93. The maximum atomic E-state index is 12.8. The van der Waals surface area contributed by atoms with Crippen LogP contribution in [0.2, 0.25) is 5.15 Å². The van der Waals surface area contributed by atoms with E-state index in [1.807, 2.05) is 37.3 Å². The largest absolute Gasteiger partial charge is 0.456 e. The van der Waals surface area contributed by atoms with Crippen LogP contribution < -0.4 is 5.56 Å². The van der Waals surface area contributed by atoms with Crippen molar-refractivity contribution in [3.8, 4) is 0 Å². The van der Waals surface area contributed by atoms with Gasteiger partial charge in [0.2, 0.25) is 0 Å². The van der Waals surface area contributed by atoms with Crippen molar-refractivity contribution >= 4 is 39.2 Å². The molecular weight excluding hydrogens is 390 g/mol. The Kier molecular flexibility index (Phi) is 5.27. The lowest BCUT2D eigenvalue weighted by Gasteiger charge is -2.11. The van der Waals surface area contributed by atoms with E-state index in [0.717, 1.165) is 17.3 Å². The van der Waals surface area contributed by atoms with Gasteiger partial charge in [0, 0.05) is 22.9 Å². The molecule has 2 aromatic carbocycles. The zero-order chi connectivity index (χ0) is 20.4. The topological polar surface area (TPSA) is 74.1 Å². The summed E-state index contributed by atoms with van der Waals surface area (Å²) in [7, 11) is 0. The number of aryl methyl sites for hydroxylation is 1. The fraction of sp³-hybridized carbons (Fsp3) is 0.182. The summed E-state index contributed by atoms with van der Waals surface area (Å²) < 4.78 is 6.79. The van der Waals surface area contributed by atoms with Gasteiger partial charge in [-0.1, -0.05) is 54.9 Å². The van der Waals surface area contributed by atoms with Crippen LogP contribution in [0.25, 0.3) is 21.7 Å². The molecule has 0 atom stereocenters. The van der Waals surface area contributed by atoms with Gasteiger partial charge < -0.3 is 4.74 Å². The summed E-state index contributed by atoms with van der Waals surface area (Å²) in [6.07, 6.45) is 0.720. The Morgan fingerprint density at radius 3 is 2.62 bits per heavy atom. The Morgan fingerprint density at radius 2 is 1.83 bits per heavy atom. The highest BCUT2D eigenvalue weighted by atomic mass is 35.5. The van der Waals surface area contributed by atoms with Crippen molar-refractivity contribution in [2.24, 2.45) is 0 Å². The molecule has 0 unspecified atom stereocenters. The number of pyridine rings is 1. The second-order valence-electron chi connectivity index (χ2n) is 6.63. The molecule has 0 aliphatic carbocycles. The van der Waals surface area contributed by atoms with Crippen molar-refractivity contribution in [3.63, 3.8) is 0 Å². The van der Waals surface area contributed by atoms with Gasteiger partial charge in [0.25, 0.3) is 5.56 Å². The van der Waals surface area contributed by atoms with Crippen molar-refractivity contribution < 1.29 is 9.53 Å². The molecule has 4 aromatic rings. The van der Waals surface area contributed by atoms with E-state index < -0.39 is 5.97 Å². The molecule has 0 saturated heterocycles. The fourth-order valence-corrected chi connectivity index (χ4v) is 3.40. The normalized spacial score (nSPS) is 11.1. The van der Waals surface area contributed by atoms with E-state index in [2.05, 4.69) is 10.1 Å². The van der Waals surface area contributed by atoms with Crippen LogP contribution in [0.5, 0.6) is 0 Å². The molecule has 2 heterocycles. The summed E-state index contributed by atoms with van der Waals surface area (Å²) in [5.74, 6) is -0.615. The van der Waals surface area contributed by atoms with Crippen molar-refractivity contribution in [1.29, 1.82) is 0 Å². The van der Waals surface area contributed by atoms with Gasteiger partial charge in [-0.25, -0.2) is 14.5 Å². The van der Waals surface area contributed by atoms with Gasteiger partial charge in [0.1, 0.15) is 11.8 Å². The van der Waals surface area contributed by atoms with Crippen LogP contribution in [-0.4, -0.2) is 20.7 Å². The smallest absolute Gasteiger partial charge is 0.359 e. The predicted molar refractivity (Wildman–Crippen MR) is 112 cm³/mol. The molecular formula is C22H18ClN3O3. The first-order valence-corrected chi connectivity index (χ1v) is 9.67. The van der Waals surface area contributed by atoms with Crippen molar-refractivity contribution in [3.05, 3.63) is 81.4 Å². The summed E-state index contributed by atoms with van der Waals surface area (Å²) in [6.45, 7) is 2.32. The first-order valence-electron chi connectivity index (χ1n) is 9.29. The zero-order valence-corrected chi connectivity index (χ0v) is 16.5. The van der Waals surface area contributed by atoms with Crippen LogP contribution in [0.4, 0.5) is 0 Å². The number of rotatable bonds is 5. The maximum Gasteiger partial charge on any atom is 0.359 e. The first kappa shape index (κ1) is 19.1. The van der Waals surface area contributed by atoms with Crippen LogP contribution >= 0.6 is 11.6 Å². The van der Waals surface area contributed by atoms with Crippen LogP contribution in [-0.2, 0) is 17.9 Å². The van der Waals surface area contributed by atoms with Crippen LogP contribution in [0, 0.1) is 0 Å². The SMILES string of the molecule is CCCn1nc(C(=O)OCc2cc3ccccc3nc2Cl)c2ccccc2c1=O. The molecule has 0 radical (unpaired) electrons. The third kappa shape index (κ3) is 3.71. The maximum absolute atomic E-state index is 12.8. The molecule has 29 heavy (non-hydrogen) atoms. The molecule has 0 spiro atoms. The molecule has 4 rings (SSSR count). The number of hydrogen-bond acceptors (Lipinski definition) is 5. The lowest BCUT2D eigenvalue weighted by Crippen LogP contribution is -2.26. The van der Waals surface area contributed by atoms with E-state index in [1.165, 1.54) is 4.68 Å². The number of carbonyl (C=O) groups excluding carboxylic acids is 1. The Labute approximate surface area is 171 Å². The number of fused-ring (bicyclic) bond motifs is 2. The van der Waals surface area contributed by atoms with Crippen LogP contribution in [0.15, 0.2) is 59.4 Å². The molecule has 0 fully saturated rings. The van der Waals surface area contributed by atoms with E-state index in [0.29, 0.717) is 22.9 Å². The summed E-state index contributed by atoms with van der Waals surface area (Å²) in [5, 5.41) is 6.35. The summed E-state index contributed by atoms with van der Waals surface area (Å²) >= 11 is 6.25. The third-order valence-electron chi connectivity index (χ3n) is 4.61. The molecule has 2 aromatic heterocycles. The number of esters is 1. The fourth-order valence-electron chi connectivity index (χ4n) is 3.20. The van der Waals surface area contributed by atoms with Gasteiger partial charge in [-0.05, 0) is 24.6 Å². The Hall–Kier alpha value is -3.25. The van der Waals surface area contributed by atoms with Crippen molar-refractivity contribution in [2.75, 3.05) is 0 Å². The number of halogens is 1. The number of para-hydroxylation sites is 1. The number of ether oxygens (including phenoxy) is 1. The summed E-state index contributed by atoms with van der Waals surface area (Å²) in [5.41, 5.74) is 1.26. The monoisotopic (exact) mass is 407 g/mol. The quantitative estimate of drug-likeness (QED) is 0.363. The minimum absolute atomic E-state index is 0.0432. The van der Waals surface area contributed by atoms with Gasteiger partial charge in [-0.2, -0.15) is 5.10 Å². The van der Waals surface area contributed by atoms with Crippen LogP contribution in [0.3, 0.4) is 0 Å². The molecule has 0 bridgehead atoms. The van der Waals surface area contributed by atoms with E-state index in [1.54, 1.807) is 24.3 Å². The van der Waals surface area contributed by atoms with E-state index in [4.69, 9.17) is 16.3 Å². The molecule has 0 aliphatic rings. The van der Waals surface area contributed by atoms with E-state index in [-0.39, 0.29) is 23.0 Å². The Balaban J connectivity index is 1.67. The highest BCUT2D eigenvalue weighted by Crippen LogP contribution is 2.22. The number of nitrogens with zero attached hydrogens (tertiary/aromatic N) is 3. The lowest BCUT2D eigenvalue weighted by atomic mass is 10.1. The Bertz CT molecular complexity index is 1280. The van der Waals surface area contributed by atoms with E-state index >= 15 is 0 Å². The molecule has 0 saturated carbocycles. The molecule has 0 amide bonds. The average Bonchev–Trinajstić information content (AvgIpc) is 2.74. The number of hydrogen-bond donors (Lipinski definition) is 0. The molecule has 0 aliphatic heterocycles. The number of benzene rings is 2. The summed E-state index contributed by atoms with van der Waals surface area (Å²) in [6, 6.07) is 16.3. The minimum Gasteiger partial charge on any atom is -0.456 e. The molecule has 0 N–H and O–H groups in total. The second-order valence-corrected chi connectivity index (χ2v) is 6.99. The van der Waals surface area contributed by atoms with Gasteiger partial charge in [-0.15, -0.1) is 0 Å². The van der Waals surface area contributed by atoms with Gasteiger partial charge in [-0.3, -0.25) is 4.79 Å². The Morgan fingerprint density at radius 1 is 1.10 bits per heavy atom. The molecule has 6 nitrogen and oxygen atoms in total. The first-order chi connectivity index (χ1) is 14.1. The average molecular weight is 408 g/mol. The van der Waals surface area contributed by atoms with Gasteiger partial charge in [0.05, 0.1) is 10.9 Å². The van der Waals surface area contributed by atoms with E-state index in [9.17, 15) is 9.59 Å².